The molecule has 34 heavy (non-hydrogen) atoms. The third-order valence-corrected chi connectivity index (χ3v) is 7.30. The van der Waals surface area contributed by atoms with E-state index in [1.165, 1.54) is 16.8 Å². The van der Waals surface area contributed by atoms with E-state index in [4.69, 9.17) is 0 Å². The Hall–Kier alpha value is -3.15. The maximum atomic E-state index is 13.0. The van der Waals surface area contributed by atoms with Crippen LogP contribution in [0.4, 0.5) is 5.69 Å². The van der Waals surface area contributed by atoms with Crippen molar-refractivity contribution in [1.82, 2.24) is 15.1 Å². The molecule has 1 atom stereocenters. The molecule has 5 rings (SSSR count). The number of anilines is 1. The summed E-state index contributed by atoms with van der Waals surface area (Å²) in [5.41, 5.74) is 7.04. The van der Waals surface area contributed by atoms with Crippen LogP contribution in [0.1, 0.15) is 27.5 Å². The van der Waals surface area contributed by atoms with Gasteiger partial charge in [0.05, 0.1) is 6.04 Å². The first-order valence-corrected chi connectivity index (χ1v) is 12.3. The summed E-state index contributed by atoms with van der Waals surface area (Å²) in [5.74, 6) is -0.0142. The topological polar surface area (TPSA) is 38.8 Å². The Morgan fingerprint density at radius 1 is 0.853 bits per heavy atom. The third-order valence-electron chi connectivity index (χ3n) is 7.30. The van der Waals surface area contributed by atoms with Crippen LogP contribution >= 0.6 is 0 Å². The van der Waals surface area contributed by atoms with Crippen LogP contribution in [0.3, 0.4) is 0 Å². The molecular weight excluding hydrogens is 420 g/mol. The van der Waals surface area contributed by atoms with E-state index in [1.54, 1.807) is 0 Å². The number of rotatable bonds is 6. The van der Waals surface area contributed by atoms with E-state index in [0.29, 0.717) is 12.1 Å². The second-order valence-corrected chi connectivity index (χ2v) is 9.57. The molecule has 1 unspecified atom stereocenters. The Kier molecular flexibility index (Phi) is 6.66. The monoisotopic (exact) mass is 454 g/mol. The van der Waals surface area contributed by atoms with Crippen molar-refractivity contribution in [3.63, 3.8) is 0 Å². The van der Waals surface area contributed by atoms with Crippen molar-refractivity contribution in [1.29, 1.82) is 0 Å². The number of hydrogen-bond donors (Lipinski definition) is 1. The molecule has 0 saturated carbocycles. The lowest BCUT2D eigenvalue weighted by Crippen LogP contribution is -2.48. The smallest absolute Gasteiger partial charge is 0.251 e. The van der Waals surface area contributed by atoms with E-state index in [0.717, 1.165) is 50.3 Å². The van der Waals surface area contributed by atoms with Crippen molar-refractivity contribution in [3.05, 3.63) is 89.5 Å². The highest BCUT2D eigenvalue weighted by atomic mass is 16.1. The van der Waals surface area contributed by atoms with Gasteiger partial charge in [-0.2, -0.15) is 0 Å². The van der Waals surface area contributed by atoms with Gasteiger partial charge < -0.3 is 15.1 Å². The quantitative estimate of drug-likeness (QED) is 0.610. The Bertz CT molecular complexity index is 1120. The van der Waals surface area contributed by atoms with Crippen LogP contribution in [0, 0.1) is 0 Å². The minimum atomic E-state index is -0.0142. The van der Waals surface area contributed by atoms with Crippen LogP contribution in [-0.2, 0) is 6.42 Å². The predicted molar refractivity (Wildman–Crippen MR) is 139 cm³/mol. The molecule has 3 aromatic carbocycles. The number of hydrogen-bond acceptors (Lipinski definition) is 4. The van der Waals surface area contributed by atoms with Gasteiger partial charge in [-0.15, -0.1) is 0 Å². The van der Waals surface area contributed by atoms with Gasteiger partial charge >= 0.3 is 0 Å². The molecule has 1 N–H and O–H groups in total. The van der Waals surface area contributed by atoms with Gasteiger partial charge in [0.15, 0.2) is 0 Å². The molecule has 2 aliphatic heterocycles. The van der Waals surface area contributed by atoms with Crippen LogP contribution < -0.4 is 10.2 Å². The fraction of sp³-hybridized carbons (Fsp3) is 0.345. The lowest BCUT2D eigenvalue weighted by Gasteiger charge is -2.38. The molecule has 3 aromatic rings. The number of carbonyl (C=O) groups excluding carboxylic acids is 1. The normalized spacial score (nSPS) is 17.4. The predicted octanol–water partition coefficient (Wildman–Crippen LogP) is 4.06. The van der Waals surface area contributed by atoms with Gasteiger partial charge in [-0.25, -0.2) is 0 Å². The first-order chi connectivity index (χ1) is 16.6. The molecule has 2 aliphatic rings. The van der Waals surface area contributed by atoms with Gasteiger partial charge in [-0.3, -0.25) is 9.69 Å². The zero-order chi connectivity index (χ0) is 23.5. The first-order valence-electron chi connectivity index (χ1n) is 12.3. The summed E-state index contributed by atoms with van der Waals surface area (Å²) in [4.78, 5) is 20.3. The fourth-order valence-electron chi connectivity index (χ4n) is 5.12. The summed E-state index contributed by atoms with van der Waals surface area (Å²) >= 11 is 0. The molecule has 1 saturated heterocycles. The van der Waals surface area contributed by atoms with Gasteiger partial charge in [0.25, 0.3) is 5.91 Å². The highest BCUT2D eigenvalue weighted by Gasteiger charge is 2.26. The number of nitrogens with one attached hydrogen (secondary N) is 1. The minimum Gasteiger partial charge on any atom is -0.374 e. The van der Waals surface area contributed by atoms with Crippen LogP contribution in [0.25, 0.3) is 11.1 Å². The molecule has 176 valence electrons. The summed E-state index contributed by atoms with van der Waals surface area (Å²) in [5, 5.41) is 3.24. The van der Waals surface area contributed by atoms with Gasteiger partial charge in [0.1, 0.15) is 0 Å². The van der Waals surface area contributed by atoms with Crippen molar-refractivity contribution < 1.29 is 4.79 Å². The molecule has 1 fully saturated rings. The average Bonchev–Trinajstić information content (AvgIpc) is 3.25. The molecule has 0 spiro atoms. The molecule has 0 aliphatic carbocycles. The molecule has 5 heteroatoms. The van der Waals surface area contributed by atoms with Crippen LogP contribution in [-0.4, -0.2) is 69.1 Å². The number of nitrogens with zero attached hydrogens (tertiary/aromatic N) is 3. The summed E-state index contributed by atoms with van der Waals surface area (Å²) in [6.45, 7) is 5.82. The van der Waals surface area contributed by atoms with E-state index in [2.05, 4.69) is 64.4 Å². The second-order valence-electron chi connectivity index (χ2n) is 9.57. The zero-order valence-electron chi connectivity index (χ0n) is 20.2. The van der Waals surface area contributed by atoms with Crippen LogP contribution in [0.2, 0.25) is 0 Å². The Labute approximate surface area is 203 Å². The number of likely N-dealkylation sites (N-methyl/N-ethyl adjacent to an activating group) is 2. The van der Waals surface area contributed by atoms with E-state index in [9.17, 15) is 4.79 Å². The van der Waals surface area contributed by atoms with Crippen molar-refractivity contribution in [2.24, 2.45) is 0 Å². The van der Waals surface area contributed by atoms with Gasteiger partial charge in [-0.05, 0) is 53.9 Å². The maximum absolute atomic E-state index is 13.0. The van der Waals surface area contributed by atoms with Crippen molar-refractivity contribution in [2.75, 3.05) is 58.3 Å². The van der Waals surface area contributed by atoms with E-state index in [-0.39, 0.29) is 11.9 Å². The van der Waals surface area contributed by atoms with Crippen molar-refractivity contribution in [2.45, 2.75) is 12.5 Å². The Morgan fingerprint density at radius 3 is 2.29 bits per heavy atom. The van der Waals surface area contributed by atoms with Gasteiger partial charge in [0, 0.05) is 57.6 Å². The molecule has 2 heterocycles. The molecule has 1 amide bonds. The van der Waals surface area contributed by atoms with Gasteiger partial charge in [-0.1, -0.05) is 54.6 Å². The second kappa shape index (κ2) is 10.00. The third kappa shape index (κ3) is 4.86. The lowest BCUT2D eigenvalue weighted by molar-refractivity contribution is 0.0886. The number of amides is 1. The molecule has 0 aromatic heterocycles. The Balaban J connectivity index is 1.31. The largest absolute Gasteiger partial charge is 0.374 e. The summed E-state index contributed by atoms with van der Waals surface area (Å²) in [7, 11) is 4.34. The zero-order valence-corrected chi connectivity index (χ0v) is 20.2. The molecular formula is C29H34N4O. The van der Waals surface area contributed by atoms with Crippen LogP contribution in [0.15, 0.2) is 72.8 Å². The van der Waals surface area contributed by atoms with Crippen molar-refractivity contribution >= 4 is 11.6 Å². The lowest BCUT2D eigenvalue weighted by atomic mass is 9.99. The number of fused-ring (bicyclic) bond motifs is 1. The average molecular weight is 455 g/mol. The molecule has 5 nitrogen and oxygen atoms in total. The highest BCUT2D eigenvalue weighted by Crippen LogP contribution is 2.31. The summed E-state index contributed by atoms with van der Waals surface area (Å²) in [6.07, 6.45) is 1.09. The first kappa shape index (κ1) is 22.6. The van der Waals surface area contributed by atoms with Crippen LogP contribution in [0.5, 0.6) is 0 Å². The number of piperazine rings is 1. The molecule has 0 bridgehead atoms. The summed E-state index contributed by atoms with van der Waals surface area (Å²) < 4.78 is 0. The summed E-state index contributed by atoms with van der Waals surface area (Å²) in [6, 6.07) is 25.2. The standard InChI is InChI=1S/C29H34N4O/c1-31-16-18-33(19-17-31)28(25-12-13-27-26(20-25)14-15-32(27)2)21-30-29(34)24-10-8-23(9-11-24)22-6-4-3-5-7-22/h3-13,20,28H,14-19,21H2,1-2H3,(H,30,34). The van der Waals surface area contributed by atoms with E-state index >= 15 is 0 Å². The maximum Gasteiger partial charge on any atom is 0.251 e. The SMILES string of the molecule is CN1CCN(C(CNC(=O)c2ccc(-c3ccccc3)cc2)c2ccc3c(c2)CCN3C)CC1. The highest BCUT2D eigenvalue weighted by molar-refractivity contribution is 5.94. The fourth-order valence-corrected chi connectivity index (χ4v) is 5.12. The van der Waals surface area contributed by atoms with Gasteiger partial charge in [0.2, 0.25) is 0 Å². The van der Waals surface area contributed by atoms with E-state index < -0.39 is 0 Å². The number of carbonyl (C=O) groups is 1. The van der Waals surface area contributed by atoms with E-state index in [1.807, 2.05) is 42.5 Å². The number of benzene rings is 3. The van der Waals surface area contributed by atoms with Crippen molar-refractivity contribution in [3.8, 4) is 11.1 Å². The minimum absolute atomic E-state index is 0.0142. The molecule has 0 radical (unpaired) electrons. The Morgan fingerprint density at radius 2 is 1.56 bits per heavy atom.